The molecule has 37 heavy (non-hydrogen) atoms. The Morgan fingerprint density at radius 3 is 2.43 bits per heavy atom. The smallest absolute Gasteiger partial charge is 0.250 e. The van der Waals surface area contributed by atoms with Gasteiger partial charge >= 0.3 is 0 Å². The van der Waals surface area contributed by atoms with Crippen molar-refractivity contribution in [2.24, 2.45) is 10.7 Å². The van der Waals surface area contributed by atoms with Gasteiger partial charge in [-0.15, -0.1) is 0 Å². The molecule has 0 spiro atoms. The van der Waals surface area contributed by atoms with E-state index in [0.29, 0.717) is 29.1 Å². The number of aliphatic hydroxyl groups is 1. The van der Waals surface area contributed by atoms with E-state index in [4.69, 9.17) is 5.73 Å². The average molecular weight is 503 g/mol. The predicted molar refractivity (Wildman–Crippen MR) is 152 cm³/mol. The molecule has 0 saturated heterocycles. The fourth-order valence-corrected chi connectivity index (χ4v) is 4.24. The number of aldehydes is 1. The van der Waals surface area contributed by atoms with Crippen LogP contribution in [0, 0.1) is 0 Å². The van der Waals surface area contributed by atoms with Gasteiger partial charge in [-0.1, -0.05) is 38.1 Å². The molecule has 196 valence electrons. The van der Waals surface area contributed by atoms with Gasteiger partial charge in [0.2, 0.25) is 5.91 Å². The number of likely N-dealkylation sites (N-methyl/N-ethyl adjacent to an activating group) is 1. The predicted octanol–water partition coefficient (Wildman–Crippen LogP) is 4.87. The second-order valence-corrected chi connectivity index (χ2v) is 9.49. The number of aliphatic imine (C=N–C) groups is 1. The van der Waals surface area contributed by atoms with Gasteiger partial charge in [-0.05, 0) is 66.9 Å². The summed E-state index contributed by atoms with van der Waals surface area (Å²) in [6.45, 7) is 7.53. The topological polar surface area (TPSA) is 99.2 Å². The number of nitrogens with two attached hydrogens (primary N) is 1. The number of carbonyl (C=O) groups is 2. The first kappa shape index (κ1) is 27.9. The lowest BCUT2D eigenvalue weighted by atomic mass is 9.97. The summed E-state index contributed by atoms with van der Waals surface area (Å²) in [6, 6.07) is 11.6. The van der Waals surface area contributed by atoms with Crippen molar-refractivity contribution in [1.29, 1.82) is 0 Å². The van der Waals surface area contributed by atoms with Gasteiger partial charge in [0.1, 0.15) is 5.84 Å². The van der Waals surface area contributed by atoms with Gasteiger partial charge in [0.15, 0.2) is 6.29 Å². The lowest BCUT2D eigenvalue weighted by molar-refractivity contribution is -0.127. The number of aliphatic hydroxyl groups excluding tert-OH is 1. The zero-order valence-corrected chi connectivity index (χ0v) is 22.3. The summed E-state index contributed by atoms with van der Waals surface area (Å²) in [5.41, 5.74) is 11.7. The highest BCUT2D eigenvalue weighted by molar-refractivity contribution is 6.05. The van der Waals surface area contributed by atoms with Crippen LogP contribution in [0.15, 0.2) is 53.2 Å². The summed E-state index contributed by atoms with van der Waals surface area (Å²) in [4.78, 5) is 33.3. The molecule has 2 aromatic carbocycles. The highest BCUT2D eigenvalue weighted by Crippen LogP contribution is 2.33. The van der Waals surface area contributed by atoms with Gasteiger partial charge in [-0.2, -0.15) is 0 Å². The van der Waals surface area contributed by atoms with Crippen LogP contribution in [0.3, 0.4) is 0 Å². The number of carbonyl (C=O) groups excluding carboxylic acids is 2. The molecule has 0 saturated carbocycles. The number of nitrogens with zero attached hydrogens (tertiary/aromatic N) is 3. The van der Waals surface area contributed by atoms with E-state index in [0.717, 1.165) is 54.5 Å². The van der Waals surface area contributed by atoms with Crippen molar-refractivity contribution in [2.75, 3.05) is 26.7 Å². The fraction of sp³-hybridized carbons (Fsp3) is 0.367. The van der Waals surface area contributed by atoms with E-state index < -0.39 is 0 Å². The third-order valence-corrected chi connectivity index (χ3v) is 6.54. The molecule has 0 aliphatic carbocycles. The van der Waals surface area contributed by atoms with Crippen molar-refractivity contribution >= 4 is 35.9 Å². The van der Waals surface area contributed by atoms with Gasteiger partial charge in [-0.25, -0.2) is 4.99 Å². The normalized spacial score (nSPS) is 13.9. The summed E-state index contributed by atoms with van der Waals surface area (Å²) < 4.78 is 0. The quantitative estimate of drug-likeness (QED) is 0.427. The van der Waals surface area contributed by atoms with Crippen LogP contribution in [0.25, 0.3) is 23.3 Å². The summed E-state index contributed by atoms with van der Waals surface area (Å²) in [5, 5.41) is 9.38. The Labute approximate surface area is 220 Å². The number of amidine groups is 1. The molecule has 0 fully saturated rings. The lowest BCUT2D eigenvalue weighted by Gasteiger charge is -2.22. The molecule has 1 amide bonds. The Hall–Kier alpha value is -3.71. The third-order valence-electron chi connectivity index (χ3n) is 6.54. The highest BCUT2D eigenvalue weighted by atomic mass is 16.3. The minimum absolute atomic E-state index is 0.0140. The van der Waals surface area contributed by atoms with E-state index in [9.17, 15) is 14.7 Å². The second kappa shape index (κ2) is 13.0. The molecule has 0 radical (unpaired) electrons. The van der Waals surface area contributed by atoms with Crippen LogP contribution in [0.2, 0.25) is 0 Å². The van der Waals surface area contributed by atoms with Crippen molar-refractivity contribution < 1.29 is 14.7 Å². The zero-order valence-electron chi connectivity index (χ0n) is 22.3. The van der Waals surface area contributed by atoms with Gasteiger partial charge < -0.3 is 20.6 Å². The maximum absolute atomic E-state index is 13.2. The summed E-state index contributed by atoms with van der Waals surface area (Å²) >= 11 is 0. The van der Waals surface area contributed by atoms with E-state index in [-0.39, 0.29) is 18.6 Å². The molecule has 0 bridgehead atoms. The van der Waals surface area contributed by atoms with Crippen LogP contribution >= 0.6 is 0 Å². The molecule has 1 aliphatic rings. The molecular formula is C30H38N4O3. The summed E-state index contributed by atoms with van der Waals surface area (Å²) in [6.07, 6.45) is 8.60. The van der Waals surface area contributed by atoms with Crippen LogP contribution in [0.4, 0.5) is 5.69 Å². The minimum atomic E-state index is -0.0344. The van der Waals surface area contributed by atoms with Crippen molar-refractivity contribution in [1.82, 2.24) is 9.80 Å². The van der Waals surface area contributed by atoms with Gasteiger partial charge in [0.25, 0.3) is 0 Å². The van der Waals surface area contributed by atoms with Crippen LogP contribution in [-0.4, -0.2) is 65.7 Å². The van der Waals surface area contributed by atoms with Crippen LogP contribution in [-0.2, 0) is 4.79 Å². The number of hydrogen-bond acceptors (Lipinski definition) is 6. The first-order chi connectivity index (χ1) is 17.8. The van der Waals surface area contributed by atoms with Crippen molar-refractivity contribution in [3.05, 3.63) is 64.9 Å². The molecule has 3 rings (SSSR count). The molecule has 1 atom stereocenters. The Morgan fingerprint density at radius 2 is 1.78 bits per heavy atom. The summed E-state index contributed by atoms with van der Waals surface area (Å²) in [7, 11) is 1.88. The van der Waals surface area contributed by atoms with Crippen LogP contribution in [0.1, 0.15) is 61.5 Å². The molecule has 1 heterocycles. The third kappa shape index (κ3) is 6.95. The van der Waals surface area contributed by atoms with Gasteiger partial charge in [-0.3, -0.25) is 9.59 Å². The molecule has 1 unspecified atom stereocenters. The van der Waals surface area contributed by atoms with Crippen LogP contribution < -0.4 is 5.73 Å². The number of hydrogen-bond donors (Lipinski definition) is 2. The first-order valence-corrected chi connectivity index (χ1v) is 12.9. The van der Waals surface area contributed by atoms with Crippen molar-refractivity contribution in [3.8, 4) is 11.1 Å². The number of fused-ring (bicyclic) bond motifs is 1. The van der Waals surface area contributed by atoms with Crippen molar-refractivity contribution in [2.45, 2.75) is 46.1 Å². The summed E-state index contributed by atoms with van der Waals surface area (Å²) in [5.74, 6) is 0.421. The SMILES string of the molecule is CCCN(CCC)C(=O)C1=Cc2ccc(-c3ccc(C=O)c(/C=C\N(C)C(C)CO)c3)cc2N=C(N)C1. The van der Waals surface area contributed by atoms with E-state index in [1.165, 1.54) is 0 Å². The molecule has 7 nitrogen and oxygen atoms in total. The van der Waals surface area contributed by atoms with E-state index in [1.807, 2.05) is 72.5 Å². The Balaban J connectivity index is 1.97. The number of benzene rings is 2. The highest BCUT2D eigenvalue weighted by Gasteiger charge is 2.21. The van der Waals surface area contributed by atoms with E-state index in [2.05, 4.69) is 18.8 Å². The maximum atomic E-state index is 13.2. The average Bonchev–Trinajstić information content (AvgIpc) is 3.07. The Morgan fingerprint density at radius 1 is 1.11 bits per heavy atom. The first-order valence-electron chi connectivity index (χ1n) is 12.9. The Bertz CT molecular complexity index is 1210. The second-order valence-electron chi connectivity index (χ2n) is 9.49. The fourth-order valence-electron chi connectivity index (χ4n) is 4.24. The van der Waals surface area contributed by atoms with E-state index >= 15 is 0 Å². The van der Waals surface area contributed by atoms with Crippen molar-refractivity contribution in [3.63, 3.8) is 0 Å². The maximum Gasteiger partial charge on any atom is 0.250 e. The molecule has 2 aromatic rings. The lowest BCUT2D eigenvalue weighted by Crippen LogP contribution is -2.34. The Kier molecular flexibility index (Phi) is 9.80. The molecule has 7 heteroatoms. The number of amides is 1. The van der Waals surface area contributed by atoms with E-state index in [1.54, 1.807) is 6.07 Å². The number of rotatable bonds is 11. The van der Waals surface area contributed by atoms with Gasteiger partial charge in [0.05, 0.1) is 12.3 Å². The molecular weight excluding hydrogens is 464 g/mol. The molecule has 0 aromatic heterocycles. The molecule has 1 aliphatic heterocycles. The standard InChI is InChI=1S/C30H38N4O3/c1-5-12-34(13-6-2)30(37)27-16-25-9-7-23(17-28(25)32-29(31)18-27)22-8-10-26(20-36)24(15-22)11-14-33(4)21(3)19-35/h7-11,14-17,20-21,35H,5-6,12-13,18-19H2,1-4H3,(H2,31,32)/b14-11-. The zero-order chi connectivity index (χ0) is 26.9. The largest absolute Gasteiger partial charge is 0.394 e. The molecule has 3 N–H and O–H groups in total. The van der Waals surface area contributed by atoms with Crippen LogP contribution in [0.5, 0.6) is 0 Å². The minimum Gasteiger partial charge on any atom is -0.394 e. The monoisotopic (exact) mass is 502 g/mol. The van der Waals surface area contributed by atoms with Gasteiger partial charge in [0, 0.05) is 49.3 Å².